The van der Waals surface area contributed by atoms with Crippen molar-refractivity contribution in [1.29, 1.82) is 0 Å². The molecule has 0 aromatic carbocycles. The fourth-order valence-corrected chi connectivity index (χ4v) is 1.74. The number of nitro groups is 2. The molecule has 3 rings (SSSR count). The summed E-state index contributed by atoms with van der Waals surface area (Å²) in [7, 11) is 0. The van der Waals surface area contributed by atoms with Crippen LogP contribution in [0.1, 0.15) is 0 Å². The van der Waals surface area contributed by atoms with Crippen molar-refractivity contribution in [1.82, 2.24) is 35.3 Å². The quantitative estimate of drug-likeness (QED) is 0.231. The van der Waals surface area contributed by atoms with Gasteiger partial charge in [0.2, 0.25) is 5.82 Å². The van der Waals surface area contributed by atoms with Gasteiger partial charge in [-0.05, 0) is 20.2 Å². The maximum Gasteiger partial charge on any atom is 0.471 e. The van der Waals surface area contributed by atoms with E-state index >= 15 is 0 Å². The summed E-state index contributed by atoms with van der Waals surface area (Å²) in [5.41, 5.74) is 3.54. The number of H-pyrrole nitrogens is 1. The molecule has 0 unspecified atom stereocenters. The molecule has 22 heavy (non-hydrogen) atoms. The van der Waals surface area contributed by atoms with Crippen molar-refractivity contribution in [2.45, 2.75) is 0 Å². The van der Waals surface area contributed by atoms with Crippen molar-refractivity contribution in [3.8, 4) is 11.5 Å². The second kappa shape index (κ2) is 4.26. The lowest BCUT2D eigenvalue weighted by molar-refractivity contribution is -0.656. The molecule has 16 heteroatoms. The van der Waals surface area contributed by atoms with Gasteiger partial charge in [-0.25, -0.2) is 5.10 Å². The molecule has 16 nitrogen and oxygen atoms in total. The van der Waals surface area contributed by atoms with Crippen LogP contribution in [0.15, 0.2) is 0 Å². The van der Waals surface area contributed by atoms with Crippen LogP contribution in [-0.4, -0.2) is 45.2 Å². The van der Waals surface area contributed by atoms with Crippen molar-refractivity contribution in [3.63, 3.8) is 0 Å². The van der Waals surface area contributed by atoms with E-state index in [2.05, 4.69) is 30.8 Å². The number of nitrogens with two attached hydrogens (primary N) is 1. The van der Waals surface area contributed by atoms with Crippen molar-refractivity contribution >= 4 is 23.0 Å². The van der Waals surface area contributed by atoms with E-state index in [1.807, 2.05) is 0 Å². The van der Waals surface area contributed by atoms with E-state index in [-0.39, 0.29) is 10.7 Å². The molecule has 0 fully saturated rings. The Kier molecular flexibility index (Phi) is 2.52. The molecule has 3 aromatic rings. The Morgan fingerprint density at radius 3 is 2.55 bits per heavy atom. The zero-order valence-electron chi connectivity index (χ0n) is 10.1. The SMILES string of the molecule is Nc1c(-c2nnn[nH]2)[n+]([O-])nc2c([N+](=O)[O-])c([N+](=O)[O-])nn12. The molecule has 0 spiro atoms. The maximum atomic E-state index is 11.9. The molecular formula is C6H3N11O5. The van der Waals surface area contributed by atoms with Crippen molar-refractivity contribution in [2.75, 3.05) is 5.73 Å². The van der Waals surface area contributed by atoms with Gasteiger partial charge in [0.05, 0.1) is 10.0 Å². The van der Waals surface area contributed by atoms with Crippen LogP contribution in [0.2, 0.25) is 0 Å². The summed E-state index contributed by atoms with van der Waals surface area (Å²) in [4.78, 5) is 19.5. The average Bonchev–Trinajstić information content (AvgIpc) is 3.05. The predicted octanol–water partition coefficient (Wildman–Crippen LogP) is -2.06. The topological polar surface area (TPSA) is 224 Å². The molecule has 0 amide bonds. The summed E-state index contributed by atoms with van der Waals surface area (Å²) >= 11 is 0. The van der Waals surface area contributed by atoms with Crippen LogP contribution >= 0.6 is 0 Å². The number of aromatic amines is 1. The summed E-state index contributed by atoms with van der Waals surface area (Å²) < 4.78 is 0.600. The molecule has 3 aromatic heterocycles. The third-order valence-corrected chi connectivity index (χ3v) is 2.59. The number of fused-ring (bicyclic) bond motifs is 1. The van der Waals surface area contributed by atoms with Crippen molar-refractivity contribution < 1.29 is 14.7 Å². The first kappa shape index (κ1) is 13.0. The Balaban J connectivity index is 2.43. The van der Waals surface area contributed by atoms with E-state index in [4.69, 9.17) is 5.73 Å². The van der Waals surface area contributed by atoms with Crippen LogP contribution in [0.25, 0.3) is 17.2 Å². The van der Waals surface area contributed by atoms with Crippen molar-refractivity contribution in [2.24, 2.45) is 0 Å². The monoisotopic (exact) mass is 309 g/mol. The van der Waals surface area contributed by atoms with Gasteiger partial charge in [-0.2, -0.15) is 0 Å². The highest BCUT2D eigenvalue weighted by Gasteiger charge is 2.40. The molecule has 0 saturated carbocycles. The summed E-state index contributed by atoms with van der Waals surface area (Å²) in [6, 6.07) is 0. The standard InChI is InChI=1S/C6H3N11O5/c7-3-1(4-8-12-13-9-4)15(18)11-5-2(16(19)20)6(17(21)22)10-14(3)5/h7H2,(H,8,9,12,13). The minimum Gasteiger partial charge on any atom is -0.594 e. The fourth-order valence-electron chi connectivity index (χ4n) is 1.74. The molecule has 0 aliphatic carbocycles. The van der Waals surface area contributed by atoms with E-state index in [0.29, 0.717) is 4.52 Å². The fraction of sp³-hybridized carbons (Fsp3) is 0. The molecule has 112 valence electrons. The number of tetrazole rings is 1. The Labute approximate surface area is 117 Å². The lowest BCUT2D eigenvalue weighted by Gasteiger charge is -2.00. The summed E-state index contributed by atoms with van der Waals surface area (Å²) in [6.45, 7) is 0. The number of aromatic nitrogens is 8. The minimum absolute atomic E-state index is 0.0920. The van der Waals surface area contributed by atoms with E-state index in [9.17, 15) is 25.4 Å². The van der Waals surface area contributed by atoms with Gasteiger partial charge in [0.15, 0.2) is 0 Å². The summed E-state index contributed by atoms with van der Waals surface area (Å²) in [5.74, 6) is -1.76. The van der Waals surface area contributed by atoms with Crippen LogP contribution in [0.4, 0.5) is 17.3 Å². The van der Waals surface area contributed by atoms with Gasteiger partial charge in [-0.1, -0.05) is 4.52 Å². The Morgan fingerprint density at radius 2 is 2.00 bits per heavy atom. The Hall–Kier alpha value is -3.98. The number of anilines is 1. The molecule has 0 radical (unpaired) electrons. The highest BCUT2D eigenvalue weighted by Crippen LogP contribution is 2.31. The number of nitrogen functional groups attached to an aromatic ring is 1. The van der Waals surface area contributed by atoms with Gasteiger partial charge in [0.1, 0.15) is 0 Å². The third kappa shape index (κ3) is 1.63. The normalized spacial score (nSPS) is 10.9. The van der Waals surface area contributed by atoms with E-state index < -0.39 is 38.5 Å². The van der Waals surface area contributed by atoms with Gasteiger partial charge < -0.3 is 21.1 Å². The highest BCUT2D eigenvalue weighted by molar-refractivity contribution is 5.72. The summed E-state index contributed by atoms with van der Waals surface area (Å²) in [5, 5.41) is 52.6. The average molecular weight is 309 g/mol. The second-order valence-electron chi connectivity index (χ2n) is 3.78. The van der Waals surface area contributed by atoms with Gasteiger partial charge in [-0.15, -0.1) is 5.10 Å². The van der Waals surface area contributed by atoms with Gasteiger partial charge in [0.25, 0.3) is 5.82 Å². The van der Waals surface area contributed by atoms with E-state index in [1.165, 1.54) is 0 Å². The van der Waals surface area contributed by atoms with E-state index in [0.717, 1.165) is 0 Å². The molecule has 0 bridgehead atoms. The summed E-state index contributed by atoms with van der Waals surface area (Å²) in [6.07, 6.45) is 0. The molecule has 3 N–H and O–H groups in total. The lowest BCUT2D eigenvalue weighted by Crippen LogP contribution is -2.36. The first-order chi connectivity index (χ1) is 10.4. The molecule has 0 atom stereocenters. The zero-order chi connectivity index (χ0) is 16.0. The highest BCUT2D eigenvalue weighted by atomic mass is 16.6. The second-order valence-corrected chi connectivity index (χ2v) is 3.78. The minimum atomic E-state index is -1.10. The molecule has 0 saturated heterocycles. The number of hydrogen-bond acceptors (Lipinski definition) is 11. The van der Waals surface area contributed by atoms with Crippen LogP contribution < -0.4 is 10.6 Å². The van der Waals surface area contributed by atoms with Gasteiger partial charge >= 0.3 is 22.8 Å². The third-order valence-electron chi connectivity index (χ3n) is 2.59. The number of rotatable bonds is 3. The molecule has 3 heterocycles. The Morgan fingerprint density at radius 1 is 1.27 bits per heavy atom. The predicted molar refractivity (Wildman–Crippen MR) is 62.8 cm³/mol. The molecular weight excluding hydrogens is 306 g/mol. The van der Waals surface area contributed by atoms with Crippen LogP contribution in [0.5, 0.6) is 0 Å². The van der Waals surface area contributed by atoms with Crippen LogP contribution in [-0.2, 0) is 0 Å². The van der Waals surface area contributed by atoms with Crippen LogP contribution in [0.3, 0.4) is 0 Å². The molecule has 0 aliphatic rings. The first-order valence-corrected chi connectivity index (χ1v) is 5.26. The van der Waals surface area contributed by atoms with Crippen LogP contribution in [0, 0.1) is 25.4 Å². The number of nitrogens with zero attached hydrogens (tertiary/aromatic N) is 9. The zero-order valence-corrected chi connectivity index (χ0v) is 10.1. The van der Waals surface area contributed by atoms with Crippen molar-refractivity contribution in [3.05, 3.63) is 25.4 Å². The first-order valence-electron chi connectivity index (χ1n) is 5.26. The largest absolute Gasteiger partial charge is 0.594 e. The van der Waals surface area contributed by atoms with Gasteiger partial charge in [-0.3, -0.25) is 10.1 Å². The smallest absolute Gasteiger partial charge is 0.471 e. The Bertz CT molecular complexity index is 913. The van der Waals surface area contributed by atoms with E-state index in [1.54, 1.807) is 0 Å². The van der Waals surface area contributed by atoms with Gasteiger partial charge in [0, 0.05) is 5.10 Å². The number of nitrogens with one attached hydrogen (secondary N) is 1. The maximum absolute atomic E-state index is 11.9. The molecule has 0 aliphatic heterocycles. The number of hydrogen-bond donors (Lipinski definition) is 2. The lowest BCUT2D eigenvalue weighted by atomic mass is 10.4.